The number of hydrogen-bond donors (Lipinski definition) is 3. The lowest BCUT2D eigenvalue weighted by Crippen LogP contribution is -2.50. The van der Waals surface area contributed by atoms with E-state index in [0.717, 1.165) is 12.1 Å². The van der Waals surface area contributed by atoms with E-state index in [1.807, 2.05) is 0 Å². The largest absolute Gasteiger partial charge is 0.341 e. The van der Waals surface area contributed by atoms with Crippen molar-refractivity contribution >= 4 is 33.5 Å². The summed E-state index contributed by atoms with van der Waals surface area (Å²) in [4.78, 5) is 20.8. The van der Waals surface area contributed by atoms with Crippen molar-refractivity contribution in [2.24, 2.45) is 5.73 Å². The Balaban J connectivity index is 1.63. The first kappa shape index (κ1) is 23.1. The third-order valence-electron chi connectivity index (χ3n) is 6.41. The Morgan fingerprint density at radius 3 is 2.56 bits per heavy atom. The summed E-state index contributed by atoms with van der Waals surface area (Å²) in [5.74, 6) is -1.57. The summed E-state index contributed by atoms with van der Waals surface area (Å²) < 4.78 is 62.9. The number of anilines is 1. The van der Waals surface area contributed by atoms with Gasteiger partial charge in [-0.2, -0.15) is 10.6 Å². The minimum atomic E-state index is -2.57. The molecule has 2 aliphatic heterocycles. The molecule has 2 aromatic rings. The van der Waals surface area contributed by atoms with Crippen molar-refractivity contribution in [3.05, 3.63) is 23.8 Å². The van der Waals surface area contributed by atoms with Gasteiger partial charge in [0.2, 0.25) is 11.9 Å². The number of imidazole rings is 1. The molecule has 4 N–H and O–H groups in total. The van der Waals surface area contributed by atoms with Crippen molar-refractivity contribution in [1.82, 2.24) is 14.5 Å². The molecule has 3 heterocycles. The van der Waals surface area contributed by atoms with E-state index in [0.29, 0.717) is 25.3 Å². The van der Waals surface area contributed by atoms with Crippen LogP contribution in [0.25, 0.3) is 11.0 Å². The minimum absolute atomic E-state index is 0.148. The summed E-state index contributed by atoms with van der Waals surface area (Å²) in [6.07, 6.45) is -0.0119. The number of halogens is 3. The number of carbonyl (C=O) groups is 1. The number of aromatic nitrogens is 2. The molecule has 0 bridgehead atoms. The van der Waals surface area contributed by atoms with Gasteiger partial charge in [0, 0.05) is 49.8 Å². The molecule has 12 heteroatoms. The molecule has 0 radical (unpaired) electrons. The Morgan fingerprint density at radius 2 is 1.91 bits per heavy atom. The number of fused-ring (bicyclic) bond motifs is 1. The second-order valence-electron chi connectivity index (χ2n) is 8.61. The van der Waals surface area contributed by atoms with Crippen LogP contribution in [0.5, 0.6) is 0 Å². The molecule has 2 atom stereocenters. The van der Waals surface area contributed by atoms with Crippen LogP contribution in [0, 0.1) is 11.6 Å². The molecular formula is C20H28F3N5O3S. The van der Waals surface area contributed by atoms with E-state index >= 15 is 0 Å². The molecule has 2 fully saturated rings. The fourth-order valence-corrected chi connectivity index (χ4v) is 5.88. The molecule has 0 saturated carbocycles. The molecular weight excluding hydrogens is 447 g/mol. The normalized spacial score (nSPS) is 25.2. The van der Waals surface area contributed by atoms with E-state index in [1.54, 1.807) is 16.8 Å². The highest BCUT2D eigenvalue weighted by Gasteiger charge is 2.32. The van der Waals surface area contributed by atoms with Gasteiger partial charge >= 0.3 is 0 Å². The standard InChI is InChI=1S/C20H28F3N5O3S/c1-26(12-3-6-32(30,31)7-4-12)19(29)11-28-18-9-15(23)14(22)8-17(18)25-20(28)27-5-2-13(21)16(24)10-27/h8-9,12-13,16,30-31H,2-7,10-11,24H2,1H3/t13-,16-/m1/s1. The van der Waals surface area contributed by atoms with E-state index in [1.165, 1.54) is 4.57 Å². The van der Waals surface area contributed by atoms with Crippen molar-refractivity contribution in [3.8, 4) is 0 Å². The van der Waals surface area contributed by atoms with Gasteiger partial charge in [0.15, 0.2) is 11.6 Å². The maximum Gasteiger partial charge on any atom is 0.242 e. The van der Waals surface area contributed by atoms with Crippen molar-refractivity contribution in [1.29, 1.82) is 0 Å². The van der Waals surface area contributed by atoms with E-state index in [9.17, 15) is 27.1 Å². The lowest BCUT2D eigenvalue weighted by atomic mass is 10.1. The van der Waals surface area contributed by atoms with Crippen molar-refractivity contribution in [3.63, 3.8) is 0 Å². The predicted octanol–water partition coefficient (Wildman–Crippen LogP) is 2.56. The zero-order valence-electron chi connectivity index (χ0n) is 17.8. The molecule has 4 rings (SSSR count). The Hall–Kier alpha value is -2.02. The number of likely N-dealkylation sites (N-methyl/N-ethyl adjacent to an activating group) is 1. The zero-order valence-corrected chi connectivity index (χ0v) is 18.6. The van der Waals surface area contributed by atoms with Crippen LogP contribution < -0.4 is 10.6 Å². The monoisotopic (exact) mass is 475 g/mol. The highest BCUT2D eigenvalue weighted by Crippen LogP contribution is 2.44. The average molecular weight is 476 g/mol. The zero-order chi connectivity index (χ0) is 23.2. The lowest BCUT2D eigenvalue weighted by molar-refractivity contribution is -0.132. The Kier molecular flexibility index (Phi) is 6.31. The van der Waals surface area contributed by atoms with E-state index in [2.05, 4.69) is 4.98 Å². The van der Waals surface area contributed by atoms with Crippen LogP contribution in [0.1, 0.15) is 19.3 Å². The molecule has 178 valence electrons. The SMILES string of the molecule is CN(C(=O)Cn1c(N2CC[C@@H](F)[C@H](N)C2)nc2cc(F)c(F)cc21)C1CCS(O)(O)CC1. The van der Waals surface area contributed by atoms with Gasteiger partial charge in [0.1, 0.15) is 12.7 Å². The van der Waals surface area contributed by atoms with Crippen LogP contribution in [0.3, 0.4) is 0 Å². The van der Waals surface area contributed by atoms with Gasteiger partial charge < -0.3 is 20.1 Å². The topological polar surface area (TPSA) is 108 Å². The van der Waals surface area contributed by atoms with Gasteiger partial charge in [-0.1, -0.05) is 0 Å². The molecule has 0 spiro atoms. The van der Waals surface area contributed by atoms with E-state index < -0.39 is 34.4 Å². The molecule has 1 aromatic carbocycles. The van der Waals surface area contributed by atoms with Crippen molar-refractivity contribution in [2.45, 2.75) is 44.1 Å². The number of amides is 1. The summed E-state index contributed by atoms with van der Waals surface area (Å²) in [7, 11) is -0.927. The van der Waals surface area contributed by atoms with Gasteiger partial charge in [-0.3, -0.25) is 13.9 Å². The number of piperidine rings is 1. The number of nitrogens with zero attached hydrogens (tertiary/aromatic N) is 4. The van der Waals surface area contributed by atoms with Crippen LogP contribution in [0.15, 0.2) is 12.1 Å². The average Bonchev–Trinajstić information content (AvgIpc) is 3.07. The van der Waals surface area contributed by atoms with Gasteiger partial charge in [-0.25, -0.2) is 18.2 Å². The second-order valence-corrected chi connectivity index (χ2v) is 11.0. The number of nitrogens with two attached hydrogens (primary N) is 1. The predicted molar refractivity (Wildman–Crippen MR) is 118 cm³/mol. The summed E-state index contributed by atoms with van der Waals surface area (Å²) in [6, 6.07) is 1.11. The van der Waals surface area contributed by atoms with Crippen molar-refractivity contribution < 1.29 is 27.1 Å². The van der Waals surface area contributed by atoms with Crippen LogP contribution in [0.4, 0.5) is 19.1 Å². The van der Waals surface area contributed by atoms with E-state index in [4.69, 9.17) is 5.73 Å². The Morgan fingerprint density at radius 1 is 1.25 bits per heavy atom. The molecule has 1 amide bonds. The fourth-order valence-electron chi connectivity index (χ4n) is 4.37. The Bertz CT molecular complexity index is 1010. The quantitative estimate of drug-likeness (QED) is 0.627. The molecule has 0 aliphatic carbocycles. The lowest BCUT2D eigenvalue weighted by Gasteiger charge is -2.42. The molecule has 32 heavy (non-hydrogen) atoms. The first-order valence-corrected chi connectivity index (χ1v) is 12.4. The first-order chi connectivity index (χ1) is 15.1. The molecule has 0 unspecified atom stereocenters. The highest BCUT2D eigenvalue weighted by molar-refractivity contribution is 8.24. The summed E-state index contributed by atoms with van der Waals surface area (Å²) in [5, 5.41) is 0. The number of carbonyl (C=O) groups excluding carboxylic acids is 1. The van der Waals surface area contributed by atoms with Crippen LogP contribution in [0.2, 0.25) is 0 Å². The maximum absolute atomic E-state index is 14.0. The molecule has 1 aromatic heterocycles. The fraction of sp³-hybridized carbons (Fsp3) is 0.600. The van der Waals surface area contributed by atoms with Crippen LogP contribution >= 0.6 is 10.6 Å². The van der Waals surface area contributed by atoms with Crippen molar-refractivity contribution in [2.75, 3.05) is 36.5 Å². The van der Waals surface area contributed by atoms with Crippen LogP contribution in [-0.4, -0.2) is 79.4 Å². The highest BCUT2D eigenvalue weighted by atomic mass is 32.3. The van der Waals surface area contributed by atoms with Gasteiger partial charge in [-0.15, -0.1) is 0 Å². The first-order valence-electron chi connectivity index (χ1n) is 10.5. The third-order valence-corrected chi connectivity index (χ3v) is 8.19. The Labute approximate surface area is 185 Å². The number of rotatable bonds is 4. The maximum atomic E-state index is 14.0. The van der Waals surface area contributed by atoms with Gasteiger partial charge in [0.25, 0.3) is 0 Å². The van der Waals surface area contributed by atoms with Gasteiger partial charge in [0.05, 0.1) is 17.1 Å². The number of alkyl halides is 1. The molecule has 8 nitrogen and oxygen atoms in total. The minimum Gasteiger partial charge on any atom is -0.341 e. The summed E-state index contributed by atoms with van der Waals surface area (Å²) >= 11 is 0. The van der Waals surface area contributed by atoms with Gasteiger partial charge in [-0.05, 0) is 19.3 Å². The molecule has 2 saturated heterocycles. The summed E-state index contributed by atoms with van der Waals surface area (Å²) in [6.45, 7) is 0.304. The van der Waals surface area contributed by atoms with E-state index in [-0.39, 0.29) is 54.0 Å². The second kappa shape index (κ2) is 8.73. The van der Waals surface area contributed by atoms with Crippen LogP contribution in [-0.2, 0) is 11.3 Å². The third kappa shape index (κ3) is 4.54. The summed E-state index contributed by atoms with van der Waals surface area (Å²) in [5.41, 5.74) is 6.33. The number of hydrogen-bond acceptors (Lipinski definition) is 6. The molecule has 2 aliphatic rings. The smallest absolute Gasteiger partial charge is 0.242 e. The number of benzene rings is 1.